The Bertz CT molecular complexity index is 1090. The summed E-state index contributed by atoms with van der Waals surface area (Å²) in [6, 6.07) is 13.8. The van der Waals surface area contributed by atoms with Crippen molar-refractivity contribution in [2.75, 3.05) is 24.2 Å². The molecule has 7 heteroatoms. The maximum absolute atomic E-state index is 13.3. The largest absolute Gasteiger partial charge is 0.341 e. The molecule has 0 radical (unpaired) electrons. The van der Waals surface area contributed by atoms with Crippen LogP contribution in [0.4, 0.5) is 10.1 Å². The average Bonchev–Trinajstić information content (AvgIpc) is 3.10. The third kappa shape index (κ3) is 5.28. The normalized spacial score (nSPS) is 14.7. The highest BCUT2D eigenvalue weighted by Crippen LogP contribution is 2.30. The molecular weight excluding hydrogens is 413 g/mol. The fourth-order valence-electron chi connectivity index (χ4n) is 3.87. The van der Waals surface area contributed by atoms with E-state index in [1.165, 1.54) is 23.9 Å². The SMILES string of the molecule is CC1CCN(C(=O)Cn2cc(SCC(=O)Nc3cccc(F)c3)c3ccccc32)CC1. The van der Waals surface area contributed by atoms with E-state index in [1.54, 1.807) is 12.1 Å². The molecular formula is C24H26FN3O2S. The van der Waals surface area contributed by atoms with Gasteiger partial charge in [0, 0.05) is 40.8 Å². The van der Waals surface area contributed by atoms with Gasteiger partial charge in [-0.25, -0.2) is 4.39 Å². The van der Waals surface area contributed by atoms with Gasteiger partial charge in [-0.1, -0.05) is 31.2 Å². The number of anilines is 1. The lowest BCUT2D eigenvalue weighted by Crippen LogP contribution is -2.39. The van der Waals surface area contributed by atoms with Crippen LogP contribution in [0.25, 0.3) is 10.9 Å². The molecule has 1 aliphatic rings. The van der Waals surface area contributed by atoms with E-state index >= 15 is 0 Å². The van der Waals surface area contributed by atoms with Crippen molar-refractivity contribution in [2.24, 2.45) is 5.92 Å². The fraction of sp³-hybridized carbons (Fsp3) is 0.333. The molecule has 1 aliphatic heterocycles. The predicted octanol–water partition coefficient (Wildman–Crippen LogP) is 4.77. The standard InChI is InChI=1S/C24H26FN3O2S/c1-17-9-11-27(12-10-17)24(30)15-28-14-22(20-7-2-3-8-21(20)28)31-16-23(29)26-19-6-4-5-18(25)13-19/h2-8,13-14,17H,9-12,15-16H2,1H3,(H,26,29). The fourth-order valence-corrected chi connectivity index (χ4v) is 4.76. The second-order valence-corrected chi connectivity index (χ2v) is 9.07. The molecule has 2 heterocycles. The van der Waals surface area contributed by atoms with Crippen LogP contribution in [-0.4, -0.2) is 40.1 Å². The second-order valence-electron chi connectivity index (χ2n) is 8.05. The number of hydrogen-bond donors (Lipinski definition) is 1. The van der Waals surface area contributed by atoms with E-state index in [0.29, 0.717) is 18.2 Å². The number of hydrogen-bond acceptors (Lipinski definition) is 3. The summed E-state index contributed by atoms with van der Waals surface area (Å²) in [5.41, 5.74) is 1.42. The third-order valence-electron chi connectivity index (χ3n) is 5.66. The number of halogens is 1. The van der Waals surface area contributed by atoms with E-state index in [0.717, 1.165) is 41.7 Å². The number of amides is 2. The molecule has 0 spiro atoms. The molecule has 1 N–H and O–H groups in total. The minimum atomic E-state index is -0.388. The first-order valence-corrected chi connectivity index (χ1v) is 11.5. The highest BCUT2D eigenvalue weighted by Gasteiger charge is 2.21. The molecule has 162 valence electrons. The van der Waals surface area contributed by atoms with Crippen molar-refractivity contribution in [1.29, 1.82) is 0 Å². The second kappa shape index (κ2) is 9.56. The Hall–Kier alpha value is -2.80. The van der Waals surface area contributed by atoms with Gasteiger partial charge in [-0.15, -0.1) is 11.8 Å². The smallest absolute Gasteiger partial charge is 0.242 e. The Morgan fingerprint density at radius 2 is 1.90 bits per heavy atom. The lowest BCUT2D eigenvalue weighted by atomic mass is 9.99. The van der Waals surface area contributed by atoms with E-state index in [-0.39, 0.29) is 23.4 Å². The zero-order valence-corrected chi connectivity index (χ0v) is 18.3. The molecule has 0 atom stereocenters. The highest BCUT2D eigenvalue weighted by atomic mass is 32.2. The number of piperidine rings is 1. The topological polar surface area (TPSA) is 54.3 Å². The Morgan fingerprint density at radius 1 is 1.13 bits per heavy atom. The van der Waals surface area contributed by atoms with Crippen molar-refractivity contribution in [2.45, 2.75) is 31.2 Å². The number of fused-ring (bicyclic) bond motifs is 1. The number of likely N-dealkylation sites (tertiary alicyclic amines) is 1. The minimum Gasteiger partial charge on any atom is -0.341 e. The first kappa shape index (κ1) is 21.4. The number of nitrogens with one attached hydrogen (secondary N) is 1. The van der Waals surface area contributed by atoms with Crippen LogP contribution >= 0.6 is 11.8 Å². The summed E-state index contributed by atoms with van der Waals surface area (Å²) in [6.07, 6.45) is 4.06. The van der Waals surface area contributed by atoms with Crippen LogP contribution in [0.1, 0.15) is 19.8 Å². The predicted molar refractivity (Wildman–Crippen MR) is 123 cm³/mol. The van der Waals surface area contributed by atoms with Gasteiger partial charge in [0.15, 0.2) is 0 Å². The highest BCUT2D eigenvalue weighted by molar-refractivity contribution is 8.00. The number of aromatic nitrogens is 1. The van der Waals surface area contributed by atoms with Crippen LogP contribution < -0.4 is 5.32 Å². The number of carbonyl (C=O) groups excluding carboxylic acids is 2. The summed E-state index contributed by atoms with van der Waals surface area (Å²) in [5.74, 6) is 0.418. The molecule has 1 aromatic heterocycles. The quantitative estimate of drug-likeness (QED) is 0.563. The van der Waals surface area contributed by atoms with Crippen molar-refractivity contribution in [3.05, 3.63) is 60.5 Å². The first-order valence-electron chi connectivity index (χ1n) is 10.5. The molecule has 5 nitrogen and oxygen atoms in total. The van der Waals surface area contributed by atoms with Crippen LogP contribution in [0.3, 0.4) is 0 Å². The van der Waals surface area contributed by atoms with Gasteiger partial charge in [-0.05, 0) is 43.0 Å². The third-order valence-corrected chi connectivity index (χ3v) is 6.70. The van der Waals surface area contributed by atoms with E-state index in [1.807, 2.05) is 39.9 Å². The Labute approximate surface area is 185 Å². The van der Waals surface area contributed by atoms with Crippen molar-refractivity contribution < 1.29 is 14.0 Å². The van der Waals surface area contributed by atoms with Gasteiger partial charge in [-0.3, -0.25) is 9.59 Å². The molecule has 1 saturated heterocycles. The van der Waals surface area contributed by atoms with Gasteiger partial charge in [0.2, 0.25) is 11.8 Å². The van der Waals surface area contributed by atoms with Crippen molar-refractivity contribution in [3.8, 4) is 0 Å². The molecule has 31 heavy (non-hydrogen) atoms. The van der Waals surface area contributed by atoms with Crippen LogP contribution in [0.2, 0.25) is 0 Å². The number of rotatable bonds is 6. The maximum Gasteiger partial charge on any atom is 0.242 e. The lowest BCUT2D eigenvalue weighted by Gasteiger charge is -2.30. The molecule has 0 saturated carbocycles. The summed E-state index contributed by atoms with van der Waals surface area (Å²) in [6.45, 7) is 4.17. The van der Waals surface area contributed by atoms with E-state index in [9.17, 15) is 14.0 Å². The lowest BCUT2D eigenvalue weighted by molar-refractivity contribution is -0.133. The molecule has 0 unspecified atom stereocenters. The molecule has 1 fully saturated rings. The number of carbonyl (C=O) groups is 2. The summed E-state index contributed by atoms with van der Waals surface area (Å²) < 4.78 is 15.3. The van der Waals surface area contributed by atoms with Gasteiger partial charge in [0.05, 0.1) is 5.75 Å². The molecule has 0 bridgehead atoms. The summed E-state index contributed by atoms with van der Waals surface area (Å²) >= 11 is 1.41. The maximum atomic E-state index is 13.3. The van der Waals surface area contributed by atoms with Crippen molar-refractivity contribution >= 4 is 40.2 Å². The molecule has 4 rings (SSSR count). The van der Waals surface area contributed by atoms with Gasteiger partial charge < -0.3 is 14.8 Å². The summed E-state index contributed by atoms with van der Waals surface area (Å²) in [4.78, 5) is 28.1. The zero-order chi connectivity index (χ0) is 21.8. The van der Waals surface area contributed by atoms with Crippen molar-refractivity contribution in [3.63, 3.8) is 0 Å². The summed E-state index contributed by atoms with van der Waals surface area (Å²) in [5, 5.41) is 3.74. The van der Waals surface area contributed by atoms with Gasteiger partial charge in [0.25, 0.3) is 0 Å². The Kier molecular flexibility index (Phi) is 6.61. The zero-order valence-electron chi connectivity index (χ0n) is 17.5. The van der Waals surface area contributed by atoms with Gasteiger partial charge in [-0.2, -0.15) is 0 Å². The van der Waals surface area contributed by atoms with Crippen LogP contribution in [0.15, 0.2) is 59.6 Å². The molecule has 3 aromatic rings. The number of thioether (sulfide) groups is 1. The van der Waals surface area contributed by atoms with Crippen molar-refractivity contribution in [1.82, 2.24) is 9.47 Å². The van der Waals surface area contributed by atoms with Crippen LogP contribution in [-0.2, 0) is 16.1 Å². The van der Waals surface area contributed by atoms with Crippen LogP contribution in [0, 0.1) is 11.7 Å². The average molecular weight is 440 g/mol. The Balaban J connectivity index is 1.44. The molecule has 2 amide bonds. The molecule has 2 aromatic carbocycles. The first-order chi connectivity index (χ1) is 15.0. The number of para-hydroxylation sites is 1. The monoisotopic (exact) mass is 439 g/mol. The number of nitrogens with zero attached hydrogens (tertiary/aromatic N) is 2. The summed E-state index contributed by atoms with van der Waals surface area (Å²) in [7, 11) is 0. The van der Waals surface area contributed by atoms with Gasteiger partial charge in [0.1, 0.15) is 12.4 Å². The Morgan fingerprint density at radius 3 is 2.68 bits per heavy atom. The number of benzene rings is 2. The minimum absolute atomic E-state index is 0.132. The van der Waals surface area contributed by atoms with E-state index in [2.05, 4.69) is 12.2 Å². The van der Waals surface area contributed by atoms with E-state index < -0.39 is 0 Å². The van der Waals surface area contributed by atoms with Crippen LogP contribution in [0.5, 0.6) is 0 Å². The molecule has 0 aliphatic carbocycles. The van der Waals surface area contributed by atoms with E-state index in [4.69, 9.17) is 0 Å². The van der Waals surface area contributed by atoms with Gasteiger partial charge >= 0.3 is 0 Å².